The summed E-state index contributed by atoms with van der Waals surface area (Å²) in [6.07, 6.45) is 8.90. The van der Waals surface area contributed by atoms with E-state index in [0.717, 1.165) is 57.9 Å². The van der Waals surface area contributed by atoms with Gasteiger partial charge >= 0.3 is 0 Å². The van der Waals surface area contributed by atoms with Crippen LogP contribution in [0, 0.1) is 0 Å². The zero-order valence-electron chi connectivity index (χ0n) is 16.9. The van der Waals surface area contributed by atoms with Gasteiger partial charge in [0.1, 0.15) is 17.3 Å². The van der Waals surface area contributed by atoms with E-state index < -0.39 is 0 Å². The second-order valence-electron chi connectivity index (χ2n) is 7.73. The summed E-state index contributed by atoms with van der Waals surface area (Å²) in [5.41, 5.74) is 8.40. The first-order valence-electron chi connectivity index (χ1n) is 10.3. The van der Waals surface area contributed by atoms with Crippen molar-refractivity contribution in [3.8, 4) is 22.6 Å². The van der Waals surface area contributed by atoms with E-state index in [9.17, 15) is 5.11 Å². The molecule has 0 saturated heterocycles. The molecule has 0 aliphatic heterocycles. The summed E-state index contributed by atoms with van der Waals surface area (Å²) in [6.45, 7) is 0. The normalized spacial score (nSPS) is 18.7. The fraction of sp³-hybridized carbons (Fsp3) is 0.261. The van der Waals surface area contributed by atoms with E-state index in [1.54, 1.807) is 36.0 Å². The summed E-state index contributed by atoms with van der Waals surface area (Å²) in [7, 11) is 0. The summed E-state index contributed by atoms with van der Waals surface area (Å²) < 4.78 is 7.08. The molecular formula is C23H23N5O2S. The SMILES string of the molecule is Nc1ccc(-c2cncc(Oc3ccc4nc(N[C@@H]5CCCC[C@H]5O)sc4c3)c2)cn1. The van der Waals surface area contributed by atoms with Crippen LogP contribution in [-0.2, 0) is 0 Å². The van der Waals surface area contributed by atoms with Crippen LogP contribution >= 0.6 is 11.3 Å². The Kier molecular flexibility index (Phi) is 5.40. The lowest BCUT2D eigenvalue weighted by atomic mass is 9.93. The quantitative estimate of drug-likeness (QED) is 0.413. The number of ether oxygens (including phenoxy) is 1. The molecule has 1 fully saturated rings. The minimum Gasteiger partial charge on any atom is -0.456 e. The molecule has 158 valence electrons. The Morgan fingerprint density at radius 2 is 1.90 bits per heavy atom. The fourth-order valence-electron chi connectivity index (χ4n) is 3.81. The van der Waals surface area contributed by atoms with Crippen molar-refractivity contribution in [3.05, 3.63) is 55.0 Å². The van der Waals surface area contributed by atoms with Crippen molar-refractivity contribution in [2.75, 3.05) is 11.1 Å². The lowest BCUT2D eigenvalue weighted by molar-refractivity contribution is 0.116. The summed E-state index contributed by atoms with van der Waals surface area (Å²) in [4.78, 5) is 13.1. The number of anilines is 2. The molecule has 4 N–H and O–H groups in total. The van der Waals surface area contributed by atoms with Gasteiger partial charge in [-0.25, -0.2) is 9.97 Å². The monoisotopic (exact) mass is 433 g/mol. The molecule has 0 spiro atoms. The first kappa shape index (κ1) is 19.7. The van der Waals surface area contributed by atoms with Crippen molar-refractivity contribution in [1.29, 1.82) is 0 Å². The molecule has 1 aromatic carbocycles. The van der Waals surface area contributed by atoms with Gasteiger partial charge in [-0.15, -0.1) is 0 Å². The number of nitrogens with two attached hydrogens (primary N) is 1. The van der Waals surface area contributed by atoms with Crippen LogP contribution in [-0.4, -0.2) is 32.2 Å². The van der Waals surface area contributed by atoms with Crippen LogP contribution in [0.4, 0.5) is 10.9 Å². The Balaban J connectivity index is 1.34. The number of nitrogen functional groups attached to an aromatic ring is 1. The third kappa shape index (κ3) is 4.45. The smallest absolute Gasteiger partial charge is 0.184 e. The first-order valence-corrected chi connectivity index (χ1v) is 11.2. The zero-order chi connectivity index (χ0) is 21.2. The third-order valence-corrected chi connectivity index (χ3v) is 6.42. The number of pyridine rings is 2. The van der Waals surface area contributed by atoms with Gasteiger partial charge in [0.15, 0.2) is 5.13 Å². The molecular weight excluding hydrogens is 410 g/mol. The lowest BCUT2D eigenvalue weighted by Crippen LogP contribution is -2.36. The molecule has 0 bridgehead atoms. The van der Waals surface area contributed by atoms with Gasteiger partial charge in [-0.05, 0) is 43.2 Å². The van der Waals surface area contributed by atoms with Crippen molar-refractivity contribution < 1.29 is 9.84 Å². The molecule has 8 heteroatoms. The molecule has 1 aliphatic rings. The molecule has 7 nitrogen and oxygen atoms in total. The Hall–Kier alpha value is -3.23. The van der Waals surface area contributed by atoms with E-state index in [4.69, 9.17) is 10.5 Å². The molecule has 4 aromatic rings. The molecule has 3 aromatic heterocycles. The first-order chi connectivity index (χ1) is 15.1. The molecule has 5 rings (SSSR count). The van der Waals surface area contributed by atoms with Crippen LogP contribution in [0.15, 0.2) is 55.0 Å². The van der Waals surface area contributed by atoms with Crippen molar-refractivity contribution in [2.45, 2.75) is 37.8 Å². The molecule has 0 radical (unpaired) electrons. The molecule has 0 unspecified atom stereocenters. The summed E-state index contributed by atoms with van der Waals surface area (Å²) in [6, 6.07) is 11.5. The third-order valence-electron chi connectivity index (χ3n) is 5.47. The van der Waals surface area contributed by atoms with Crippen LogP contribution in [0.5, 0.6) is 11.5 Å². The largest absolute Gasteiger partial charge is 0.456 e. The van der Waals surface area contributed by atoms with E-state index in [0.29, 0.717) is 11.6 Å². The van der Waals surface area contributed by atoms with E-state index >= 15 is 0 Å². The average molecular weight is 434 g/mol. The number of hydrogen-bond donors (Lipinski definition) is 3. The number of benzene rings is 1. The van der Waals surface area contributed by atoms with Crippen LogP contribution in [0.25, 0.3) is 21.3 Å². The molecule has 0 amide bonds. The molecule has 1 aliphatic carbocycles. The number of aromatic nitrogens is 3. The number of aliphatic hydroxyl groups excluding tert-OH is 1. The number of rotatable bonds is 5. The average Bonchev–Trinajstić information content (AvgIpc) is 3.18. The summed E-state index contributed by atoms with van der Waals surface area (Å²) >= 11 is 1.57. The van der Waals surface area contributed by atoms with E-state index in [1.807, 2.05) is 30.3 Å². The number of aliphatic hydroxyl groups is 1. The second-order valence-corrected chi connectivity index (χ2v) is 8.76. The van der Waals surface area contributed by atoms with Crippen molar-refractivity contribution in [2.24, 2.45) is 0 Å². The van der Waals surface area contributed by atoms with Gasteiger partial charge in [0.05, 0.1) is 28.6 Å². The highest BCUT2D eigenvalue weighted by Gasteiger charge is 2.23. The maximum Gasteiger partial charge on any atom is 0.184 e. The Morgan fingerprint density at radius 3 is 2.74 bits per heavy atom. The second kappa shape index (κ2) is 8.49. The predicted octanol–water partition coefficient (Wildman–Crippen LogP) is 4.84. The number of nitrogens with one attached hydrogen (secondary N) is 1. The molecule has 1 saturated carbocycles. The number of nitrogens with zero attached hydrogens (tertiary/aromatic N) is 3. The topological polar surface area (TPSA) is 106 Å². The maximum atomic E-state index is 10.2. The molecule has 2 atom stereocenters. The van der Waals surface area contributed by atoms with Gasteiger partial charge in [0.2, 0.25) is 0 Å². The number of hydrogen-bond acceptors (Lipinski definition) is 8. The van der Waals surface area contributed by atoms with E-state index in [1.165, 1.54) is 0 Å². The fourth-order valence-corrected chi connectivity index (χ4v) is 4.77. The standard InChI is InChI=1S/C23H23N5O2S/c24-22-8-5-14(12-26-22)15-9-17(13-25-11-15)30-16-6-7-19-21(10-16)31-23(28-19)27-18-3-1-2-4-20(18)29/h5-13,18,20,29H,1-4H2,(H2,24,26)(H,27,28)/t18-,20-/m1/s1. The van der Waals surface area contributed by atoms with Crippen LogP contribution in [0.3, 0.4) is 0 Å². The van der Waals surface area contributed by atoms with Crippen LogP contribution < -0.4 is 15.8 Å². The summed E-state index contributed by atoms with van der Waals surface area (Å²) in [5.74, 6) is 1.84. The summed E-state index contributed by atoms with van der Waals surface area (Å²) in [5, 5.41) is 14.5. The van der Waals surface area contributed by atoms with Crippen molar-refractivity contribution in [1.82, 2.24) is 15.0 Å². The van der Waals surface area contributed by atoms with Crippen LogP contribution in [0.2, 0.25) is 0 Å². The molecule has 31 heavy (non-hydrogen) atoms. The van der Waals surface area contributed by atoms with Crippen molar-refractivity contribution in [3.63, 3.8) is 0 Å². The van der Waals surface area contributed by atoms with Crippen molar-refractivity contribution >= 4 is 32.5 Å². The minimum absolute atomic E-state index is 0.0710. The van der Waals surface area contributed by atoms with E-state index in [-0.39, 0.29) is 12.1 Å². The molecule has 3 heterocycles. The van der Waals surface area contributed by atoms with Gasteiger partial charge in [0, 0.05) is 29.6 Å². The van der Waals surface area contributed by atoms with Gasteiger partial charge in [-0.1, -0.05) is 24.2 Å². The van der Waals surface area contributed by atoms with Crippen LogP contribution in [0.1, 0.15) is 25.7 Å². The Bertz CT molecular complexity index is 1190. The highest BCUT2D eigenvalue weighted by molar-refractivity contribution is 7.22. The lowest BCUT2D eigenvalue weighted by Gasteiger charge is -2.27. The number of fused-ring (bicyclic) bond motifs is 1. The van der Waals surface area contributed by atoms with Gasteiger partial charge in [-0.2, -0.15) is 0 Å². The van der Waals surface area contributed by atoms with Gasteiger partial charge in [-0.3, -0.25) is 4.98 Å². The number of thiazole rings is 1. The minimum atomic E-state index is -0.310. The predicted molar refractivity (Wildman–Crippen MR) is 123 cm³/mol. The highest BCUT2D eigenvalue weighted by atomic mass is 32.1. The van der Waals surface area contributed by atoms with Gasteiger partial charge in [0.25, 0.3) is 0 Å². The Labute approximate surface area is 184 Å². The highest BCUT2D eigenvalue weighted by Crippen LogP contribution is 2.33. The van der Waals surface area contributed by atoms with E-state index in [2.05, 4.69) is 20.3 Å². The maximum absolute atomic E-state index is 10.2. The Morgan fingerprint density at radius 1 is 1.00 bits per heavy atom. The zero-order valence-corrected chi connectivity index (χ0v) is 17.7. The van der Waals surface area contributed by atoms with Gasteiger partial charge < -0.3 is 20.9 Å².